The summed E-state index contributed by atoms with van der Waals surface area (Å²) >= 11 is 6.76. The molecule has 204 valence electrons. The molecule has 2 heterocycles. The third kappa shape index (κ3) is 6.04. The van der Waals surface area contributed by atoms with Gasteiger partial charge in [-0.2, -0.15) is 0 Å². The third-order valence-electron chi connectivity index (χ3n) is 6.24. The molecule has 0 aliphatic rings. The Hall–Kier alpha value is -4.51. The normalized spacial score (nSPS) is 11.8. The van der Waals surface area contributed by atoms with E-state index in [1.54, 1.807) is 24.5 Å². The fourth-order valence-electron chi connectivity index (χ4n) is 4.14. The summed E-state index contributed by atoms with van der Waals surface area (Å²) in [7, 11) is 0. The van der Waals surface area contributed by atoms with Crippen molar-refractivity contribution in [3.05, 3.63) is 101 Å². The third-order valence-corrected chi connectivity index (χ3v) is 6.68. The zero-order valence-electron chi connectivity index (χ0n) is 21.2. The van der Waals surface area contributed by atoms with Crippen LogP contribution in [0.5, 0.6) is 11.5 Å². The van der Waals surface area contributed by atoms with Gasteiger partial charge in [0.2, 0.25) is 0 Å². The molecule has 1 atom stereocenters. The Morgan fingerprint density at radius 3 is 2.52 bits per heavy atom. The van der Waals surface area contributed by atoms with Gasteiger partial charge >= 0.3 is 5.97 Å². The number of hydrogen-bond acceptors (Lipinski definition) is 9. The number of benzene rings is 3. The largest absolute Gasteiger partial charge is 0.488 e. The van der Waals surface area contributed by atoms with Crippen LogP contribution in [0.25, 0.3) is 22.2 Å². The van der Waals surface area contributed by atoms with E-state index < -0.39 is 18.6 Å². The first-order chi connectivity index (χ1) is 19.5. The van der Waals surface area contributed by atoms with Gasteiger partial charge in [-0.15, -0.1) is 0 Å². The zero-order chi connectivity index (χ0) is 27.9. The summed E-state index contributed by atoms with van der Waals surface area (Å²) in [5.74, 6) is -0.468. The van der Waals surface area contributed by atoms with Crippen molar-refractivity contribution in [1.82, 2.24) is 20.6 Å². The average molecular weight is 561 g/mol. The van der Waals surface area contributed by atoms with Gasteiger partial charge in [-0.05, 0) is 21.9 Å². The van der Waals surface area contributed by atoms with Crippen molar-refractivity contribution in [3.8, 4) is 22.6 Å². The number of hydrogen-bond donors (Lipinski definition) is 3. The van der Waals surface area contributed by atoms with E-state index >= 15 is 0 Å². The van der Waals surface area contributed by atoms with Crippen molar-refractivity contribution in [2.24, 2.45) is 0 Å². The van der Waals surface area contributed by atoms with Crippen LogP contribution in [0.3, 0.4) is 0 Å². The van der Waals surface area contributed by atoms with Gasteiger partial charge in [-0.3, -0.25) is 15.1 Å². The lowest BCUT2D eigenvalue weighted by Gasteiger charge is -2.17. The maximum Gasteiger partial charge on any atom is 0.323 e. The highest BCUT2D eigenvalue weighted by molar-refractivity contribution is 6.34. The molecular weight excluding hydrogens is 536 g/mol. The molecular formula is C29H25ClN4O6. The minimum atomic E-state index is -1.19. The highest BCUT2D eigenvalue weighted by atomic mass is 35.5. The molecule has 10 nitrogen and oxygen atoms in total. The van der Waals surface area contributed by atoms with Gasteiger partial charge in [0.15, 0.2) is 11.3 Å². The van der Waals surface area contributed by atoms with E-state index in [1.807, 2.05) is 54.6 Å². The molecule has 0 bridgehead atoms. The molecule has 5 rings (SSSR count). The number of aliphatic hydroxyl groups excluding tert-OH is 1. The number of nitrogens with zero attached hydrogens (tertiary/aromatic N) is 3. The first-order valence-corrected chi connectivity index (χ1v) is 12.8. The van der Waals surface area contributed by atoms with Crippen LogP contribution < -0.4 is 14.8 Å². The molecule has 5 aromatic rings. The molecule has 1 unspecified atom stereocenters. The van der Waals surface area contributed by atoms with E-state index in [0.29, 0.717) is 33.1 Å². The van der Waals surface area contributed by atoms with Gasteiger partial charge < -0.3 is 19.7 Å². The fraction of sp³-hybridized carbons (Fsp3) is 0.172. The lowest BCUT2D eigenvalue weighted by atomic mass is 10.0. The summed E-state index contributed by atoms with van der Waals surface area (Å²) < 4.78 is 17.3. The van der Waals surface area contributed by atoms with Crippen molar-refractivity contribution in [2.45, 2.75) is 25.8 Å². The Bertz CT molecular complexity index is 1600. The van der Waals surface area contributed by atoms with Crippen molar-refractivity contribution < 1.29 is 29.1 Å². The summed E-state index contributed by atoms with van der Waals surface area (Å²) in [6.45, 7) is -0.266. The second kappa shape index (κ2) is 12.6. The lowest BCUT2D eigenvalue weighted by Crippen LogP contribution is -2.39. The molecule has 11 heteroatoms. The minimum absolute atomic E-state index is 0.00976. The van der Waals surface area contributed by atoms with Crippen LogP contribution >= 0.6 is 11.6 Å². The molecule has 0 aliphatic heterocycles. The summed E-state index contributed by atoms with van der Waals surface area (Å²) in [5, 5.41) is 30.2. The Labute approximate surface area is 234 Å². The molecule has 3 aromatic carbocycles. The molecule has 0 fully saturated rings. The number of pyridine rings is 1. The van der Waals surface area contributed by atoms with Crippen LogP contribution in [0.4, 0.5) is 0 Å². The minimum Gasteiger partial charge on any atom is -0.488 e. The van der Waals surface area contributed by atoms with Crippen molar-refractivity contribution in [1.29, 1.82) is 0 Å². The first kappa shape index (κ1) is 27.1. The molecule has 0 amide bonds. The summed E-state index contributed by atoms with van der Waals surface area (Å²) in [5.41, 5.74) is 4.62. The van der Waals surface area contributed by atoms with Gasteiger partial charge in [-0.1, -0.05) is 66.2 Å². The van der Waals surface area contributed by atoms with Crippen molar-refractivity contribution in [3.63, 3.8) is 0 Å². The van der Waals surface area contributed by atoms with Crippen LogP contribution in [0.2, 0.25) is 5.02 Å². The van der Waals surface area contributed by atoms with Gasteiger partial charge in [0, 0.05) is 47.3 Å². The molecule has 0 saturated heterocycles. The van der Waals surface area contributed by atoms with E-state index in [1.165, 1.54) is 0 Å². The van der Waals surface area contributed by atoms with Crippen LogP contribution in [0, 0.1) is 0 Å². The number of aliphatic carboxylic acids is 1. The highest BCUT2D eigenvalue weighted by Gasteiger charge is 2.23. The average Bonchev–Trinajstić information content (AvgIpc) is 3.47. The van der Waals surface area contributed by atoms with Gasteiger partial charge in [0.05, 0.1) is 11.6 Å². The number of ether oxygens (including phenoxy) is 2. The summed E-state index contributed by atoms with van der Waals surface area (Å²) in [6.07, 6.45) is 3.34. The Morgan fingerprint density at radius 2 is 1.77 bits per heavy atom. The van der Waals surface area contributed by atoms with Crippen molar-refractivity contribution >= 4 is 28.6 Å². The van der Waals surface area contributed by atoms with Crippen LogP contribution in [0.15, 0.2) is 83.8 Å². The molecule has 0 saturated carbocycles. The second-order valence-electron chi connectivity index (χ2n) is 8.85. The maximum atomic E-state index is 11.4. The van der Waals surface area contributed by atoms with E-state index in [9.17, 15) is 15.0 Å². The van der Waals surface area contributed by atoms with Gasteiger partial charge in [0.1, 0.15) is 30.5 Å². The molecule has 2 aromatic heterocycles. The quantitative estimate of drug-likeness (QED) is 0.198. The van der Waals surface area contributed by atoms with Gasteiger partial charge in [-0.25, -0.2) is 4.63 Å². The van der Waals surface area contributed by atoms with E-state index in [0.717, 1.165) is 22.3 Å². The Morgan fingerprint density at radius 1 is 0.975 bits per heavy atom. The van der Waals surface area contributed by atoms with E-state index in [4.69, 9.17) is 25.7 Å². The first-order valence-electron chi connectivity index (χ1n) is 12.4. The predicted octanol–water partition coefficient (Wildman–Crippen LogP) is 4.63. The lowest BCUT2D eigenvalue weighted by molar-refractivity contribution is -0.140. The van der Waals surface area contributed by atoms with Crippen LogP contribution in [-0.4, -0.2) is 44.1 Å². The van der Waals surface area contributed by atoms with Crippen LogP contribution in [-0.2, 0) is 24.6 Å². The Balaban J connectivity index is 1.46. The predicted molar refractivity (Wildman–Crippen MR) is 147 cm³/mol. The van der Waals surface area contributed by atoms with Gasteiger partial charge in [0.25, 0.3) is 0 Å². The molecule has 0 aliphatic carbocycles. The molecule has 0 radical (unpaired) electrons. The number of aromatic nitrogens is 3. The number of aliphatic hydroxyl groups is 1. The number of carboxylic acids is 1. The number of nitrogens with one attached hydrogen (secondary N) is 1. The smallest absolute Gasteiger partial charge is 0.323 e. The number of carboxylic acid groups (broad SMARTS) is 1. The topological polar surface area (TPSA) is 140 Å². The number of carbonyl (C=O) groups is 1. The SMILES string of the molecule is O=C(O)C(CO)NCc1c(OCc2cccnc2)cc(OCc2cccc(-c3ccccc3)c2Cl)c2nonc12. The molecule has 0 spiro atoms. The van der Waals surface area contributed by atoms with Crippen molar-refractivity contribution in [2.75, 3.05) is 6.61 Å². The monoisotopic (exact) mass is 560 g/mol. The molecule has 40 heavy (non-hydrogen) atoms. The highest BCUT2D eigenvalue weighted by Crippen LogP contribution is 2.36. The van der Waals surface area contributed by atoms with E-state index in [2.05, 4.69) is 20.6 Å². The molecule has 3 N–H and O–H groups in total. The zero-order valence-corrected chi connectivity index (χ0v) is 21.9. The summed E-state index contributed by atoms with van der Waals surface area (Å²) in [6, 6.07) is 19.7. The number of halogens is 1. The standard InChI is InChI=1S/C29H25ClN4O6/c30-26-20(9-4-10-21(26)19-7-2-1-3-8-19)17-39-25-12-24(38-16-18-6-5-11-31-13-18)22(27-28(25)34-40-33-27)14-32-23(15-35)29(36)37/h1-13,23,32,35H,14-17H2,(H,36,37). The van der Waals surface area contributed by atoms with Crippen LogP contribution in [0.1, 0.15) is 16.7 Å². The summed E-state index contributed by atoms with van der Waals surface area (Å²) in [4.78, 5) is 15.5. The Kier molecular flexibility index (Phi) is 8.50. The van der Waals surface area contributed by atoms with E-state index in [-0.39, 0.29) is 19.8 Å². The number of rotatable bonds is 12. The second-order valence-corrected chi connectivity index (χ2v) is 9.23. The fourth-order valence-corrected chi connectivity index (χ4v) is 4.43. The maximum absolute atomic E-state index is 11.4. The number of fused-ring (bicyclic) bond motifs is 1.